The zero-order valence-electron chi connectivity index (χ0n) is 13.9. The molecule has 0 radical (unpaired) electrons. The summed E-state index contributed by atoms with van der Waals surface area (Å²) in [5, 5.41) is 7.42. The third kappa shape index (κ3) is 3.00. The highest BCUT2D eigenvalue weighted by atomic mass is 16.2. The van der Waals surface area contributed by atoms with Crippen LogP contribution < -0.4 is 5.32 Å². The van der Waals surface area contributed by atoms with E-state index in [4.69, 9.17) is 0 Å². The molecule has 6 heteroatoms. The third-order valence-electron chi connectivity index (χ3n) is 5.18. The second-order valence-corrected chi connectivity index (χ2v) is 6.85. The van der Waals surface area contributed by atoms with E-state index in [2.05, 4.69) is 22.3 Å². The van der Waals surface area contributed by atoms with Crippen LogP contribution in [0.2, 0.25) is 0 Å². The van der Waals surface area contributed by atoms with E-state index in [9.17, 15) is 4.79 Å². The fourth-order valence-electron chi connectivity index (χ4n) is 3.56. The monoisotopic (exact) mass is 325 g/mol. The number of nitrogens with one attached hydrogen (secondary N) is 1. The molecule has 2 amide bonds. The Balaban J connectivity index is 1.43. The number of nitrogens with zero attached hydrogens (tertiary/aromatic N) is 4. The van der Waals surface area contributed by atoms with E-state index in [1.807, 2.05) is 27.9 Å². The number of urea groups is 1. The molecular formula is C18H23N5O. The first-order valence-electron chi connectivity index (χ1n) is 8.74. The molecule has 2 aromatic rings. The number of hydrogen-bond donors (Lipinski definition) is 1. The summed E-state index contributed by atoms with van der Waals surface area (Å²) < 4.78 is 1.97. The van der Waals surface area contributed by atoms with Gasteiger partial charge in [0, 0.05) is 25.1 Å². The van der Waals surface area contributed by atoms with Gasteiger partial charge in [-0.25, -0.2) is 4.79 Å². The standard InChI is InChI=1S/C18H23N5O/c1-13(14-4-5-14)23-12-16(11-20-23)21-18(24)22-10-2-3-17(22)15-6-8-19-9-7-15/h6-9,11-14,17H,2-5,10H2,1H3,(H,21,24)/t13-,17-/m1/s1. The first-order valence-corrected chi connectivity index (χ1v) is 8.74. The predicted molar refractivity (Wildman–Crippen MR) is 91.6 cm³/mol. The van der Waals surface area contributed by atoms with E-state index in [1.54, 1.807) is 18.6 Å². The van der Waals surface area contributed by atoms with Crippen molar-refractivity contribution in [3.8, 4) is 0 Å². The van der Waals surface area contributed by atoms with Gasteiger partial charge < -0.3 is 10.2 Å². The maximum atomic E-state index is 12.7. The molecule has 6 nitrogen and oxygen atoms in total. The van der Waals surface area contributed by atoms with Gasteiger partial charge in [-0.05, 0) is 56.2 Å². The molecule has 2 atom stereocenters. The first-order chi connectivity index (χ1) is 11.7. The Morgan fingerprint density at radius 2 is 2.08 bits per heavy atom. The molecular weight excluding hydrogens is 302 g/mol. The number of rotatable bonds is 4. The molecule has 0 bridgehead atoms. The zero-order valence-corrected chi connectivity index (χ0v) is 13.9. The van der Waals surface area contributed by atoms with Crippen LogP contribution >= 0.6 is 0 Å². The van der Waals surface area contributed by atoms with Gasteiger partial charge in [-0.1, -0.05) is 0 Å². The average Bonchev–Trinajstić information content (AvgIpc) is 3.15. The van der Waals surface area contributed by atoms with Crippen LogP contribution in [0.25, 0.3) is 0 Å². The average molecular weight is 325 g/mol. The lowest BCUT2D eigenvalue weighted by atomic mass is 10.1. The smallest absolute Gasteiger partial charge is 0.317 e. The fourth-order valence-corrected chi connectivity index (χ4v) is 3.56. The van der Waals surface area contributed by atoms with E-state index >= 15 is 0 Å². The van der Waals surface area contributed by atoms with Gasteiger partial charge in [0.1, 0.15) is 0 Å². The van der Waals surface area contributed by atoms with E-state index in [1.165, 1.54) is 12.8 Å². The summed E-state index contributed by atoms with van der Waals surface area (Å²) in [6, 6.07) is 4.48. The van der Waals surface area contributed by atoms with Crippen molar-refractivity contribution in [3.63, 3.8) is 0 Å². The Morgan fingerprint density at radius 3 is 2.83 bits per heavy atom. The summed E-state index contributed by atoms with van der Waals surface area (Å²) in [6.07, 6.45) is 11.8. The molecule has 4 rings (SSSR count). The first kappa shape index (κ1) is 15.2. The largest absolute Gasteiger partial charge is 0.322 e. The highest BCUT2D eigenvalue weighted by Crippen LogP contribution is 2.39. The normalized spacial score (nSPS) is 21.7. The van der Waals surface area contributed by atoms with Crippen LogP contribution in [0.1, 0.15) is 50.3 Å². The molecule has 24 heavy (non-hydrogen) atoms. The van der Waals surface area contributed by atoms with Crippen LogP contribution in [-0.4, -0.2) is 32.2 Å². The summed E-state index contributed by atoms with van der Waals surface area (Å²) in [5.41, 5.74) is 1.92. The van der Waals surface area contributed by atoms with Crippen LogP contribution in [0.15, 0.2) is 36.9 Å². The minimum absolute atomic E-state index is 0.0482. The Labute approximate surface area is 141 Å². The van der Waals surface area contributed by atoms with Crippen molar-refractivity contribution in [2.75, 3.05) is 11.9 Å². The van der Waals surface area contributed by atoms with Crippen molar-refractivity contribution in [1.29, 1.82) is 0 Å². The number of anilines is 1. The van der Waals surface area contributed by atoms with Crippen LogP contribution in [0, 0.1) is 5.92 Å². The quantitative estimate of drug-likeness (QED) is 0.934. The van der Waals surface area contributed by atoms with Crippen LogP contribution in [-0.2, 0) is 0 Å². The molecule has 1 aliphatic heterocycles. The van der Waals surface area contributed by atoms with Crippen molar-refractivity contribution in [2.45, 2.75) is 44.7 Å². The molecule has 3 heterocycles. The van der Waals surface area contributed by atoms with Gasteiger partial charge in [0.25, 0.3) is 0 Å². The van der Waals surface area contributed by atoms with Gasteiger partial charge in [0.05, 0.1) is 24.0 Å². The lowest BCUT2D eigenvalue weighted by Crippen LogP contribution is -2.34. The summed E-state index contributed by atoms with van der Waals surface area (Å²) in [7, 11) is 0. The summed E-state index contributed by atoms with van der Waals surface area (Å²) in [5.74, 6) is 0.739. The molecule has 1 N–H and O–H groups in total. The molecule has 0 unspecified atom stereocenters. The minimum atomic E-state index is -0.0482. The summed E-state index contributed by atoms with van der Waals surface area (Å²) in [6.45, 7) is 2.97. The van der Waals surface area contributed by atoms with Crippen LogP contribution in [0.5, 0.6) is 0 Å². The third-order valence-corrected chi connectivity index (χ3v) is 5.18. The molecule has 0 aromatic carbocycles. The van der Waals surface area contributed by atoms with Crippen molar-refractivity contribution < 1.29 is 4.79 Å². The fraction of sp³-hybridized carbons (Fsp3) is 0.500. The maximum Gasteiger partial charge on any atom is 0.322 e. The predicted octanol–water partition coefficient (Wildman–Crippen LogP) is 3.62. The lowest BCUT2D eigenvalue weighted by Gasteiger charge is -2.25. The van der Waals surface area contributed by atoms with E-state index < -0.39 is 0 Å². The molecule has 2 fully saturated rings. The Bertz CT molecular complexity index is 709. The zero-order chi connectivity index (χ0) is 16.5. The van der Waals surface area contributed by atoms with E-state index in [0.29, 0.717) is 6.04 Å². The molecule has 2 aliphatic rings. The second kappa shape index (κ2) is 6.26. The minimum Gasteiger partial charge on any atom is -0.317 e. The van der Waals surface area contributed by atoms with Gasteiger partial charge >= 0.3 is 6.03 Å². The molecule has 1 aliphatic carbocycles. The molecule has 126 valence electrons. The Kier molecular flexibility index (Phi) is 3.96. The van der Waals surface area contributed by atoms with Crippen molar-refractivity contribution in [2.24, 2.45) is 5.92 Å². The highest BCUT2D eigenvalue weighted by Gasteiger charge is 2.31. The molecule has 1 saturated heterocycles. The van der Waals surface area contributed by atoms with Gasteiger partial charge in [-0.2, -0.15) is 5.10 Å². The molecule has 0 spiro atoms. The summed E-state index contributed by atoms with van der Waals surface area (Å²) in [4.78, 5) is 18.7. The maximum absolute atomic E-state index is 12.7. The van der Waals surface area contributed by atoms with Gasteiger partial charge in [0.2, 0.25) is 0 Å². The molecule has 1 saturated carbocycles. The summed E-state index contributed by atoms with van der Waals surface area (Å²) >= 11 is 0. The van der Waals surface area contributed by atoms with Crippen molar-refractivity contribution in [1.82, 2.24) is 19.7 Å². The van der Waals surface area contributed by atoms with Gasteiger partial charge in [-0.15, -0.1) is 0 Å². The number of carbonyl (C=O) groups is 1. The number of carbonyl (C=O) groups excluding carboxylic acids is 1. The number of hydrogen-bond acceptors (Lipinski definition) is 3. The Morgan fingerprint density at radius 1 is 1.29 bits per heavy atom. The number of aromatic nitrogens is 3. The second-order valence-electron chi connectivity index (χ2n) is 6.85. The van der Waals surface area contributed by atoms with E-state index in [0.717, 1.165) is 36.6 Å². The molecule has 2 aromatic heterocycles. The lowest BCUT2D eigenvalue weighted by molar-refractivity contribution is 0.207. The van der Waals surface area contributed by atoms with Crippen molar-refractivity contribution in [3.05, 3.63) is 42.5 Å². The van der Waals surface area contributed by atoms with Crippen LogP contribution in [0.4, 0.5) is 10.5 Å². The number of pyridine rings is 1. The van der Waals surface area contributed by atoms with Crippen molar-refractivity contribution >= 4 is 11.7 Å². The highest BCUT2D eigenvalue weighted by molar-refractivity contribution is 5.89. The van der Waals surface area contributed by atoms with Gasteiger partial charge in [-0.3, -0.25) is 9.67 Å². The van der Waals surface area contributed by atoms with Crippen LogP contribution in [0.3, 0.4) is 0 Å². The SMILES string of the molecule is C[C@H](C1CC1)n1cc(NC(=O)N2CCC[C@@H]2c2ccncc2)cn1. The van der Waals surface area contributed by atoms with E-state index in [-0.39, 0.29) is 12.1 Å². The van der Waals surface area contributed by atoms with Gasteiger partial charge in [0.15, 0.2) is 0 Å². The number of amides is 2. The Hall–Kier alpha value is -2.37. The topological polar surface area (TPSA) is 63.1 Å². The number of likely N-dealkylation sites (tertiary alicyclic amines) is 1.